The predicted molar refractivity (Wildman–Crippen MR) is 107 cm³/mol. The Bertz CT molecular complexity index is 1040. The average molecular weight is 400 g/mol. The highest BCUT2D eigenvalue weighted by atomic mass is 19.3. The van der Waals surface area contributed by atoms with Crippen LogP contribution in [0.5, 0.6) is 11.5 Å². The topological polar surface area (TPSA) is 60.5 Å². The van der Waals surface area contributed by atoms with Crippen LogP contribution in [-0.2, 0) is 6.42 Å². The van der Waals surface area contributed by atoms with Crippen LogP contribution in [0.1, 0.15) is 27.2 Å². The number of alkyl halides is 2. The number of nitrogens with one attached hydrogen (secondary N) is 1. The van der Waals surface area contributed by atoms with Gasteiger partial charge in [0.15, 0.2) is 11.5 Å². The Balaban J connectivity index is 1.72. The number of amides is 1. The van der Waals surface area contributed by atoms with E-state index in [1.54, 1.807) is 18.2 Å². The summed E-state index contributed by atoms with van der Waals surface area (Å²) in [7, 11) is 1.39. The lowest BCUT2D eigenvalue weighted by atomic mass is 10.0. The van der Waals surface area contributed by atoms with E-state index in [0.29, 0.717) is 18.5 Å². The second kappa shape index (κ2) is 8.86. The van der Waals surface area contributed by atoms with Gasteiger partial charge in [-0.05, 0) is 56.2 Å². The van der Waals surface area contributed by atoms with E-state index >= 15 is 0 Å². The van der Waals surface area contributed by atoms with E-state index < -0.39 is 6.61 Å². The molecule has 7 heteroatoms. The quantitative estimate of drug-likeness (QED) is 0.637. The highest BCUT2D eigenvalue weighted by molar-refractivity contribution is 6.06. The zero-order valence-corrected chi connectivity index (χ0v) is 16.5. The summed E-state index contributed by atoms with van der Waals surface area (Å²) in [6.45, 7) is 1.21. The SMILES string of the molecule is COc1ccc(CCNC(=O)c2cc(C)nc3ccc(C)cc23)cc1OC(F)F. The number of aromatic nitrogens is 1. The second-order valence-corrected chi connectivity index (χ2v) is 6.70. The monoisotopic (exact) mass is 400 g/mol. The van der Waals surface area contributed by atoms with E-state index in [1.165, 1.54) is 13.2 Å². The Morgan fingerprint density at radius 3 is 2.62 bits per heavy atom. The number of methoxy groups -OCH3 is 1. The van der Waals surface area contributed by atoms with E-state index in [1.807, 2.05) is 32.0 Å². The number of pyridine rings is 1. The highest BCUT2D eigenvalue weighted by Crippen LogP contribution is 2.29. The Morgan fingerprint density at radius 2 is 1.90 bits per heavy atom. The van der Waals surface area contributed by atoms with Crippen LogP contribution in [0.3, 0.4) is 0 Å². The molecule has 152 valence electrons. The first kappa shape index (κ1) is 20.5. The van der Waals surface area contributed by atoms with Gasteiger partial charge >= 0.3 is 6.61 Å². The normalized spacial score (nSPS) is 11.0. The van der Waals surface area contributed by atoms with Gasteiger partial charge in [-0.1, -0.05) is 17.7 Å². The van der Waals surface area contributed by atoms with Gasteiger partial charge in [-0.15, -0.1) is 0 Å². The third-order valence-electron chi connectivity index (χ3n) is 4.48. The molecule has 0 saturated heterocycles. The van der Waals surface area contributed by atoms with E-state index in [0.717, 1.165) is 27.7 Å². The maximum Gasteiger partial charge on any atom is 0.387 e. The van der Waals surface area contributed by atoms with Crippen LogP contribution in [-0.4, -0.2) is 31.2 Å². The molecule has 0 radical (unpaired) electrons. The first-order chi connectivity index (χ1) is 13.9. The summed E-state index contributed by atoms with van der Waals surface area (Å²) in [4.78, 5) is 17.2. The van der Waals surface area contributed by atoms with Crippen molar-refractivity contribution in [1.82, 2.24) is 10.3 Å². The summed E-state index contributed by atoms with van der Waals surface area (Å²) < 4.78 is 34.6. The first-order valence-corrected chi connectivity index (χ1v) is 9.15. The minimum atomic E-state index is -2.94. The van der Waals surface area contributed by atoms with Crippen LogP contribution >= 0.6 is 0 Å². The van der Waals surface area contributed by atoms with Gasteiger partial charge in [-0.2, -0.15) is 8.78 Å². The van der Waals surface area contributed by atoms with Crippen molar-refractivity contribution in [2.24, 2.45) is 0 Å². The third kappa shape index (κ3) is 4.99. The first-order valence-electron chi connectivity index (χ1n) is 9.15. The van der Waals surface area contributed by atoms with Crippen LogP contribution in [0, 0.1) is 13.8 Å². The molecule has 2 aromatic carbocycles. The summed E-state index contributed by atoms with van der Waals surface area (Å²) in [6.07, 6.45) is 0.455. The van der Waals surface area contributed by atoms with Crippen molar-refractivity contribution >= 4 is 16.8 Å². The molecule has 1 aromatic heterocycles. The molecule has 0 unspecified atom stereocenters. The van der Waals surface area contributed by atoms with Gasteiger partial charge in [0, 0.05) is 17.6 Å². The molecule has 3 rings (SSSR count). The van der Waals surface area contributed by atoms with Gasteiger partial charge in [-0.3, -0.25) is 9.78 Å². The Morgan fingerprint density at radius 1 is 1.10 bits per heavy atom. The largest absolute Gasteiger partial charge is 0.493 e. The smallest absolute Gasteiger partial charge is 0.387 e. The third-order valence-corrected chi connectivity index (χ3v) is 4.48. The molecule has 0 aliphatic heterocycles. The average Bonchev–Trinajstić information content (AvgIpc) is 2.67. The summed E-state index contributed by atoms with van der Waals surface area (Å²) in [5, 5.41) is 3.68. The van der Waals surface area contributed by atoms with Crippen molar-refractivity contribution in [2.45, 2.75) is 26.9 Å². The Hall–Kier alpha value is -3.22. The van der Waals surface area contributed by atoms with E-state index in [2.05, 4.69) is 15.0 Å². The highest BCUT2D eigenvalue weighted by Gasteiger charge is 2.14. The molecule has 1 amide bonds. The number of carbonyl (C=O) groups excluding carboxylic acids is 1. The van der Waals surface area contributed by atoms with E-state index in [-0.39, 0.29) is 17.4 Å². The molecule has 0 spiro atoms. The summed E-state index contributed by atoms with van der Waals surface area (Å²) in [5.41, 5.74) is 3.88. The fourth-order valence-electron chi connectivity index (χ4n) is 3.14. The molecule has 29 heavy (non-hydrogen) atoms. The van der Waals surface area contributed by atoms with Crippen LogP contribution in [0.15, 0.2) is 42.5 Å². The molecule has 0 aliphatic carbocycles. The van der Waals surface area contributed by atoms with Crippen molar-refractivity contribution in [3.05, 3.63) is 64.8 Å². The minimum absolute atomic E-state index is 0.0300. The van der Waals surface area contributed by atoms with Crippen molar-refractivity contribution in [1.29, 1.82) is 0 Å². The van der Waals surface area contributed by atoms with Crippen molar-refractivity contribution in [2.75, 3.05) is 13.7 Å². The molecule has 0 aliphatic rings. The summed E-state index contributed by atoms with van der Waals surface area (Å²) >= 11 is 0. The molecule has 0 fully saturated rings. The van der Waals surface area contributed by atoms with E-state index in [4.69, 9.17) is 4.74 Å². The molecular weight excluding hydrogens is 378 g/mol. The Kier molecular flexibility index (Phi) is 6.26. The van der Waals surface area contributed by atoms with Gasteiger partial charge in [0.25, 0.3) is 5.91 Å². The maximum atomic E-state index is 12.7. The van der Waals surface area contributed by atoms with Gasteiger partial charge < -0.3 is 14.8 Å². The molecule has 1 N–H and O–H groups in total. The van der Waals surface area contributed by atoms with Crippen LogP contribution < -0.4 is 14.8 Å². The number of hydrogen-bond acceptors (Lipinski definition) is 4. The zero-order valence-electron chi connectivity index (χ0n) is 16.5. The molecule has 3 aromatic rings. The number of ether oxygens (including phenoxy) is 2. The number of halogens is 2. The van der Waals surface area contributed by atoms with Gasteiger partial charge in [-0.25, -0.2) is 0 Å². The molecule has 0 saturated carbocycles. The standard InChI is InChI=1S/C22H22F2N2O3/c1-13-4-6-18-16(10-13)17(11-14(2)26-18)21(27)25-9-8-15-5-7-19(28-3)20(12-15)29-22(23)24/h4-7,10-12,22H,8-9H2,1-3H3,(H,25,27). The van der Waals surface area contributed by atoms with E-state index in [9.17, 15) is 13.6 Å². The van der Waals surface area contributed by atoms with Crippen LogP contribution in [0.4, 0.5) is 8.78 Å². The van der Waals surface area contributed by atoms with Crippen LogP contribution in [0.2, 0.25) is 0 Å². The maximum absolute atomic E-state index is 12.7. The number of hydrogen-bond donors (Lipinski definition) is 1. The number of carbonyl (C=O) groups is 1. The summed E-state index contributed by atoms with van der Waals surface area (Å²) in [5.74, 6) is -0.00611. The summed E-state index contributed by atoms with van der Waals surface area (Å²) in [6, 6.07) is 12.4. The lowest BCUT2D eigenvalue weighted by molar-refractivity contribution is -0.0512. The molecule has 0 bridgehead atoms. The van der Waals surface area contributed by atoms with Gasteiger partial charge in [0.05, 0.1) is 18.2 Å². The lowest BCUT2D eigenvalue weighted by Gasteiger charge is -2.12. The number of nitrogens with zero attached hydrogens (tertiary/aromatic N) is 1. The number of rotatable bonds is 7. The van der Waals surface area contributed by atoms with Crippen molar-refractivity contribution in [3.63, 3.8) is 0 Å². The van der Waals surface area contributed by atoms with Crippen molar-refractivity contribution < 1.29 is 23.0 Å². The second-order valence-electron chi connectivity index (χ2n) is 6.70. The predicted octanol–water partition coefficient (Wildman–Crippen LogP) is 4.43. The molecule has 0 atom stereocenters. The number of benzene rings is 2. The van der Waals surface area contributed by atoms with Crippen molar-refractivity contribution in [3.8, 4) is 11.5 Å². The molecule has 1 heterocycles. The molecular formula is C22H22F2N2O3. The fourth-order valence-corrected chi connectivity index (χ4v) is 3.14. The zero-order chi connectivity index (χ0) is 21.0. The number of aryl methyl sites for hydroxylation is 2. The number of fused-ring (bicyclic) bond motifs is 1. The Labute approximate surface area is 167 Å². The fraction of sp³-hybridized carbons (Fsp3) is 0.273. The molecule has 5 nitrogen and oxygen atoms in total. The van der Waals surface area contributed by atoms with Crippen LogP contribution in [0.25, 0.3) is 10.9 Å². The van der Waals surface area contributed by atoms with Gasteiger partial charge in [0.2, 0.25) is 0 Å². The van der Waals surface area contributed by atoms with Gasteiger partial charge in [0.1, 0.15) is 0 Å². The minimum Gasteiger partial charge on any atom is -0.493 e. The lowest BCUT2D eigenvalue weighted by Crippen LogP contribution is -2.26.